The molecule has 3 aliphatic heterocycles. The first-order valence-electron chi connectivity index (χ1n) is 16.5. The van der Waals surface area contributed by atoms with E-state index in [2.05, 4.69) is 0 Å². The van der Waals surface area contributed by atoms with Crippen LogP contribution in [0.25, 0.3) is 22.3 Å². The molecule has 0 aliphatic carbocycles. The van der Waals surface area contributed by atoms with E-state index in [-0.39, 0.29) is 16.9 Å². The standard InChI is InChI=1S/C33H40O21/c1-9-28(53-33-26(46)23(43)20(40)17(8-35)52-33)24(44)27(47)31(48-9)54-30-21(41)18-14(38)5-11(49-32-25(45)22(42)19(39)16(7-34)51-32)6-15(18)50-29(30)10-2-3-12(36)13(37)4-10/h2-6,9,16-17,19-20,22-28,31-40,42-47H,7-8H2,1H3. The Labute approximate surface area is 303 Å². The van der Waals surface area contributed by atoms with Crippen molar-refractivity contribution in [1.82, 2.24) is 0 Å². The molecule has 0 saturated carbocycles. The number of phenolic OH excluding ortho intramolecular Hbond substituents is 3. The maximum Gasteiger partial charge on any atom is 0.239 e. The van der Waals surface area contributed by atoms with Crippen molar-refractivity contribution in [3.8, 4) is 40.1 Å². The molecule has 2 aromatic carbocycles. The van der Waals surface area contributed by atoms with Crippen LogP contribution in [0.4, 0.5) is 0 Å². The fourth-order valence-electron chi connectivity index (χ4n) is 6.33. The lowest BCUT2D eigenvalue weighted by Crippen LogP contribution is -2.64. The zero-order chi connectivity index (χ0) is 39.3. The van der Waals surface area contributed by atoms with E-state index in [9.17, 15) is 71.2 Å². The van der Waals surface area contributed by atoms with Crippen LogP contribution in [0.5, 0.6) is 28.7 Å². The van der Waals surface area contributed by atoms with E-state index >= 15 is 0 Å². The number of aliphatic hydroxyl groups excluding tert-OH is 10. The highest BCUT2D eigenvalue weighted by Crippen LogP contribution is 2.40. The van der Waals surface area contributed by atoms with Gasteiger partial charge in [-0.3, -0.25) is 4.79 Å². The molecule has 6 rings (SSSR count). The molecule has 21 nitrogen and oxygen atoms in total. The van der Waals surface area contributed by atoms with E-state index in [1.54, 1.807) is 0 Å². The highest BCUT2D eigenvalue weighted by atomic mass is 16.7. The summed E-state index contributed by atoms with van der Waals surface area (Å²) in [5.41, 5.74) is -1.57. The summed E-state index contributed by atoms with van der Waals surface area (Å²) in [6.07, 6.45) is -25.2. The molecule has 4 heterocycles. The van der Waals surface area contributed by atoms with Gasteiger partial charge in [-0.05, 0) is 25.1 Å². The second-order valence-electron chi connectivity index (χ2n) is 13.0. The molecular formula is C33H40O21. The van der Waals surface area contributed by atoms with Crippen molar-refractivity contribution >= 4 is 11.0 Å². The van der Waals surface area contributed by atoms with Crippen molar-refractivity contribution in [3.63, 3.8) is 0 Å². The Kier molecular flexibility index (Phi) is 11.5. The molecule has 0 bridgehead atoms. The molecule has 0 spiro atoms. The summed E-state index contributed by atoms with van der Waals surface area (Å²) in [4.78, 5) is 14.0. The summed E-state index contributed by atoms with van der Waals surface area (Å²) in [6, 6.07) is 5.23. The number of rotatable bonds is 9. The second-order valence-corrected chi connectivity index (χ2v) is 13.0. The number of hydrogen-bond acceptors (Lipinski definition) is 21. The van der Waals surface area contributed by atoms with Gasteiger partial charge in [0.05, 0.1) is 19.3 Å². The van der Waals surface area contributed by atoms with E-state index < -0.39 is 145 Å². The van der Waals surface area contributed by atoms with Crippen LogP contribution in [0.15, 0.2) is 39.5 Å². The van der Waals surface area contributed by atoms with Crippen LogP contribution < -0.4 is 14.9 Å². The lowest BCUT2D eigenvalue weighted by Gasteiger charge is -2.45. The maximum atomic E-state index is 14.0. The van der Waals surface area contributed by atoms with Gasteiger partial charge in [0.2, 0.25) is 23.8 Å². The van der Waals surface area contributed by atoms with Gasteiger partial charge in [-0.25, -0.2) is 0 Å². The molecule has 21 heteroatoms. The number of benzene rings is 2. The Morgan fingerprint density at radius 3 is 1.81 bits per heavy atom. The summed E-state index contributed by atoms with van der Waals surface area (Å²) in [6.45, 7) is -0.166. The largest absolute Gasteiger partial charge is 0.507 e. The van der Waals surface area contributed by atoms with Crippen molar-refractivity contribution in [1.29, 1.82) is 0 Å². The number of aliphatic hydroxyl groups is 10. The normalized spacial score (nSPS) is 37.3. The monoisotopic (exact) mass is 772 g/mol. The van der Waals surface area contributed by atoms with Crippen LogP contribution in [0, 0.1) is 0 Å². The summed E-state index contributed by atoms with van der Waals surface area (Å²) in [7, 11) is 0. The SMILES string of the molecule is CC1OC(Oc2c(-c3ccc(O)c(O)c3)oc3cc(OC4OC(CO)C(O)C(O)C4O)cc(O)c3c2=O)C(O)C(O)C1OC1OC(CO)C(O)C(O)C1O. The fourth-order valence-corrected chi connectivity index (χ4v) is 6.33. The van der Waals surface area contributed by atoms with Crippen molar-refractivity contribution < 1.29 is 99.2 Å². The molecule has 13 N–H and O–H groups in total. The fraction of sp³-hybridized carbons (Fsp3) is 0.545. The molecule has 54 heavy (non-hydrogen) atoms. The van der Waals surface area contributed by atoms with Gasteiger partial charge in [-0.15, -0.1) is 0 Å². The predicted molar refractivity (Wildman–Crippen MR) is 173 cm³/mol. The van der Waals surface area contributed by atoms with Crippen LogP contribution in [0.1, 0.15) is 6.92 Å². The minimum Gasteiger partial charge on any atom is -0.507 e. The lowest BCUT2D eigenvalue weighted by atomic mass is 9.97. The van der Waals surface area contributed by atoms with Gasteiger partial charge in [-0.1, -0.05) is 0 Å². The molecule has 3 aromatic rings. The highest BCUT2D eigenvalue weighted by Gasteiger charge is 2.51. The topological polar surface area (TPSA) is 349 Å². The third-order valence-corrected chi connectivity index (χ3v) is 9.40. The van der Waals surface area contributed by atoms with E-state index in [4.69, 9.17) is 32.8 Å². The van der Waals surface area contributed by atoms with Crippen molar-refractivity contribution in [3.05, 3.63) is 40.6 Å². The molecule has 1 aromatic heterocycles. The van der Waals surface area contributed by atoms with Gasteiger partial charge >= 0.3 is 0 Å². The van der Waals surface area contributed by atoms with E-state index in [1.807, 2.05) is 0 Å². The average molecular weight is 773 g/mol. The van der Waals surface area contributed by atoms with Crippen molar-refractivity contribution in [2.75, 3.05) is 13.2 Å². The number of phenols is 3. The molecule has 15 unspecified atom stereocenters. The van der Waals surface area contributed by atoms with Crippen LogP contribution in [-0.4, -0.2) is 172 Å². The van der Waals surface area contributed by atoms with Crippen LogP contribution >= 0.6 is 0 Å². The Morgan fingerprint density at radius 1 is 0.630 bits per heavy atom. The van der Waals surface area contributed by atoms with E-state index in [0.29, 0.717) is 0 Å². The first-order valence-corrected chi connectivity index (χ1v) is 16.5. The minimum atomic E-state index is -2.02. The van der Waals surface area contributed by atoms with Gasteiger partial charge in [0.25, 0.3) is 0 Å². The summed E-state index contributed by atoms with van der Waals surface area (Å²) in [5, 5.41) is 133. The number of hydrogen-bond donors (Lipinski definition) is 13. The third-order valence-electron chi connectivity index (χ3n) is 9.40. The highest BCUT2D eigenvalue weighted by molar-refractivity contribution is 5.88. The third kappa shape index (κ3) is 7.27. The van der Waals surface area contributed by atoms with Gasteiger partial charge in [0.1, 0.15) is 89.6 Å². The van der Waals surface area contributed by atoms with Gasteiger partial charge in [0, 0.05) is 17.7 Å². The van der Waals surface area contributed by atoms with E-state index in [0.717, 1.165) is 24.3 Å². The number of fused-ring (bicyclic) bond motifs is 1. The Hall–Kier alpha value is -3.91. The molecule has 3 aliphatic rings. The lowest BCUT2D eigenvalue weighted by molar-refractivity contribution is -0.348. The Balaban J connectivity index is 1.32. The quantitative estimate of drug-likeness (QED) is 0.0917. The van der Waals surface area contributed by atoms with Crippen molar-refractivity contribution in [2.45, 2.75) is 99.0 Å². The molecule has 15 atom stereocenters. The maximum absolute atomic E-state index is 14.0. The van der Waals surface area contributed by atoms with Gasteiger partial charge in [0.15, 0.2) is 23.5 Å². The van der Waals surface area contributed by atoms with Gasteiger partial charge in [-0.2, -0.15) is 0 Å². The van der Waals surface area contributed by atoms with Gasteiger partial charge < -0.3 is 99.2 Å². The summed E-state index contributed by atoms with van der Waals surface area (Å²) >= 11 is 0. The summed E-state index contributed by atoms with van der Waals surface area (Å²) in [5.74, 6) is -3.49. The Bertz CT molecular complexity index is 1850. The first kappa shape index (κ1) is 39.8. The first-order chi connectivity index (χ1) is 25.6. The molecule has 0 radical (unpaired) electrons. The minimum absolute atomic E-state index is 0.0956. The number of ether oxygens (including phenoxy) is 6. The predicted octanol–water partition coefficient (Wildman–Crippen LogP) is -4.21. The smallest absolute Gasteiger partial charge is 0.239 e. The molecule has 3 fully saturated rings. The average Bonchev–Trinajstić information content (AvgIpc) is 3.14. The number of aromatic hydroxyl groups is 3. The molecular weight excluding hydrogens is 732 g/mol. The molecule has 298 valence electrons. The zero-order valence-electron chi connectivity index (χ0n) is 28.0. The zero-order valence-corrected chi connectivity index (χ0v) is 28.0. The molecule has 3 saturated heterocycles. The summed E-state index contributed by atoms with van der Waals surface area (Å²) < 4.78 is 39.3. The van der Waals surface area contributed by atoms with Crippen LogP contribution in [0.3, 0.4) is 0 Å². The van der Waals surface area contributed by atoms with Crippen molar-refractivity contribution in [2.24, 2.45) is 0 Å². The Morgan fingerprint density at radius 2 is 1.20 bits per heavy atom. The van der Waals surface area contributed by atoms with Crippen LogP contribution in [0.2, 0.25) is 0 Å². The second kappa shape index (κ2) is 15.7. The van der Waals surface area contributed by atoms with Crippen LogP contribution in [-0.2, 0) is 18.9 Å². The molecule has 0 amide bonds. The van der Waals surface area contributed by atoms with E-state index in [1.165, 1.54) is 13.0 Å².